The zero-order valence-corrected chi connectivity index (χ0v) is 12.0. The van der Waals surface area contributed by atoms with Gasteiger partial charge in [0, 0.05) is 24.2 Å². The second kappa shape index (κ2) is 7.33. The van der Waals surface area contributed by atoms with Crippen LogP contribution in [-0.2, 0) is 16.1 Å². The van der Waals surface area contributed by atoms with Crippen LogP contribution in [0.3, 0.4) is 0 Å². The van der Waals surface area contributed by atoms with Crippen molar-refractivity contribution in [2.75, 3.05) is 25.4 Å². The van der Waals surface area contributed by atoms with E-state index in [1.165, 1.54) is 11.3 Å². The molecule has 0 atom stereocenters. The smallest absolute Gasteiger partial charge is 0.320 e. The average molecular weight is 271 g/mol. The minimum atomic E-state index is -0.185. The zero-order valence-electron chi connectivity index (χ0n) is 11.2. The molecular weight excluding hydrogens is 250 g/mol. The number of ether oxygens (including phenoxy) is 1. The molecule has 0 saturated heterocycles. The number of aromatic nitrogens is 1. The van der Waals surface area contributed by atoms with E-state index >= 15 is 0 Å². The van der Waals surface area contributed by atoms with Crippen LogP contribution in [0.25, 0.3) is 0 Å². The number of esters is 1. The van der Waals surface area contributed by atoms with Crippen LogP contribution in [0, 0.1) is 5.92 Å². The SMILES string of the molecule is CCOC(=O)CN(Cc1cnc(N)s1)CC(C)C. The van der Waals surface area contributed by atoms with Crippen LogP contribution in [0.15, 0.2) is 6.20 Å². The van der Waals surface area contributed by atoms with Gasteiger partial charge in [-0.05, 0) is 12.8 Å². The predicted octanol–water partition coefficient (Wildman–Crippen LogP) is 1.75. The molecule has 2 N–H and O–H groups in total. The molecule has 0 aliphatic rings. The number of nitrogen functional groups attached to an aromatic ring is 1. The highest BCUT2D eigenvalue weighted by atomic mass is 32.1. The molecular formula is C12H21N3O2S. The zero-order chi connectivity index (χ0) is 13.5. The van der Waals surface area contributed by atoms with Crippen molar-refractivity contribution in [3.8, 4) is 0 Å². The summed E-state index contributed by atoms with van der Waals surface area (Å²) in [5.41, 5.74) is 5.60. The number of hydrogen-bond donors (Lipinski definition) is 1. The third kappa shape index (κ3) is 5.46. The van der Waals surface area contributed by atoms with E-state index in [9.17, 15) is 4.79 Å². The number of nitrogens with zero attached hydrogens (tertiary/aromatic N) is 2. The van der Waals surface area contributed by atoms with Gasteiger partial charge < -0.3 is 10.5 Å². The second-order valence-electron chi connectivity index (χ2n) is 4.53. The van der Waals surface area contributed by atoms with Crippen LogP contribution < -0.4 is 5.73 Å². The summed E-state index contributed by atoms with van der Waals surface area (Å²) in [5, 5.41) is 0.561. The van der Waals surface area contributed by atoms with E-state index in [1.54, 1.807) is 6.20 Å². The van der Waals surface area contributed by atoms with E-state index < -0.39 is 0 Å². The fraction of sp³-hybridized carbons (Fsp3) is 0.667. The van der Waals surface area contributed by atoms with Gasteiger partial charge in [-0.2, -0.15) is 0 Å². The van der Waals surface area contributed by atoms with Gasteiger partial charge in [0.2, 0.25) is 0 Å². The topological polar surface area (TPSA) is 68.5 Å². The van der Waals surface area contributed by atoms with Crippen LogP contribution in [0.4, 0.5) is 5.13 Å². The van der Waals surface area contributed by atoms with Gasteiger partial charge in [-0.3, -0.25) is 9.69 Å². The van der Waals surface area contributed by atoms with Gasteiger partial charge >= 0.3 is 5.97 Å². The molecule has 0 aliphatic heterocycles. The summed E-state index contributed by atoms with van der Waals surface area (Å²) in [5.74, 6) is 0.306. The molecule has 0 saturated carbocycles. The van der Waals surface area contributed by atoms with Crippen LogP contribution in [0.5, 0.6) is 0 Å². The summed E-state index contributed by atoms with van der Waals surface area (Å²) in [6.07, 6.45) is 1.76. The number of rotatable bonds is 7. The lowest BCUT2D eigenvalue weighted by Gasteiger charge is -2.22. The van der Waals surface area contributed by atoms with E-state index in [1.807, 2.05) is 6.92 Å². The van der Waals surface area contributed by atoms with Crippen LogP contribution in [0.2, 0.25) is 0 Å². The molecule has 102 valence electrons. The summed E-state index contributed by atoms with van der Waals surface area (Å²) in [6.45, 7) is 8.32. The average Bonchev–Trinajstić information content (AvgIpc) is 2.63. The van der Waals surface area contributed by atoms with Crippen molar-refractivity contribution < 1.29 is 9.53 Å². The molecule has 1 heterocycles. The van der Waals surface area contributed by atoms with E-state index in [0.717, 1.165) is 11.4 Å². The number of thiazole rings is 1. The minimum absolute atomic E-state index is 0.185. The van der Waals surface area contributed by atoms with Crippen LogP contribution in [-0.4, -0.2) is 35.5 Å². The largest absolute Gasteiger partial charge is 0.465 e. The number of anilines is 1. The van der Waals surface area contributed by atoms with Crippen molar-refractivity contribution in [2.24, 2.45) is 5.92 Å². The van der Waals surface area contributed by atoms with Crippen molar-refractivity contribution in [3.63, 3.8) is 0 Å². The molecule has 5 nitrogen and oxygen atoms in total. The van der Waals surface area contributed by atoms with Gasteiger partial charge in [0.15, 0.2) is 5.13 Å². The molecule has 0 spiro atoms. The third-order valence-corrected chi connectivity index (χ3v) is 3.04. The molecule has 0 fully saturated rings. The van der Waals surface area contributed by atoms with Crippen molar-refractivity contribution in [1.82, 2.24) is 9.88 Å². The molecule has 0 unspecified atom stereocenters. The minimum Gasteiger partial charge on any atom is -0.465 e. The molecule has 0 aliphatic carbocycles. The Hall–Kier alpha value is -1.14. The molecule has 1 rings (SSSR count). The Morgan fingerprint density at radius 3 is 2.83 bits per heavy atom. The first-order chi connectivity index (χ1) is 8.51. The summed E-state index contributed by atoms with van der Waals surface area (Å²) in [7, 11) is 0. The molecule has 0 amide bonds. The van der Waals surface area contributed by atoms with E-state index in [4.69, 9.17) is 10.5 Å². The van der Waals surface area contributed by atoms with E-state index in [2.05, 4.69) is 23.7 Å². The van der Waals surface area contributed by atoms with Crippen molar-refractivity contribution in [2.45, 2.75) is 27.3 Å². The Labute approximate surface area is 112 Å². The monoisotopic (exact) mass is 271 g/mol. The maximum atomic E-state index is 11.5. The first-order valence-corrected chi connectivity index (χ1v) is 6.91. The predicted molar refractivity (Wildman–Crippen MR) is 73.3 cm³/mol. The van der Waals surface area contributed by atoms with Crippen LogP contribution >= 0.6 is 11.3 Å². The van der Waals surface area contributed by atoms with Gasteiger partial charge in [0.05, 0.1) is 13.2 Å². The van der Waals surface area contributed by atoms with E-state index in [0.29, 0.717) is 30.7 Å². The van der Waals surface area contributed by atoms with Crippen molar-refractivity contribution >= 4 is 22.4 Å². The Morgan fingerprint density at radius 1 is 1.61 bits per heavy atom. The highest BCUT2D eigenvalue weighted by Gasteiger charge is 2.14. The maximum Gasteiger partial charge on any atom is 0.320 e. The van der Waals surface area contributed by atoms with Crippen molar-refractivity contribution in [1.29, 1.82) is 0 Å². The molecule has 1 aromatic heterocycles. The number of hydrogen-bond acceptors (Lipinski definition) is 6. The molecule has 1 aromatic rings. The van der Waals surface area contributed by atoms with Gasteiger partial charge in [-0.15, -0.1) is 11.3 Å². The molecule has 6 heteroatoms. The second-order valence-corrected chi connectivity index (χ2v) is 5.68. The van der Waals surface area contributed by atoms with Crippen molar-refractivity contribution in [3.05, 3.63) is 11.1 Å². The third-order valence-electron chi connectivity index (χ3n) is 2.23. The normalized spacial score (nSPS) is 11.2. The highest BCUT2D eigenvalue weighted by Crippen LogP contribution is 2.17. The standard InChI is InChI=1S/C12H21N3O2S/c1-4-17-11(16)8-15(6-9(2)3)7-10-5-14-12(13)18-10/h5,9H,4,6-8H2,1-3H3,(H2,13,14). The maximum absolute atomic E-state index is 11.5. The molecule has 0 radical (unpaired) electrons. The summed E-state index contributed by atoms with van der Waals surface area (Å²) in [4.78, 5) is 18.7. The first kappa shape index (κ1) is 14.9. The summed E-state index contributed by atoms with van der Waals surface area (Å²) < 4.78 is 4.98. The lowest BCUT2D eigenvalue weighted by molar-refractivity contribution is -0.144. The lowest BCUT2D eigenvalue weighted by atomic mass is 10.2. The molecule has 0 bridgehead atoms. The van der Waals surface area contributed by atoms with Gasteiger partial charge in [0.1, 0.15) is 0 Å². The first-order valence-electron chi connectivity index (χ1n) is 6.09. The highest BCUT2D eigenvalue weighted by molar-refractivity contribution is 7.15. The Morgan fingerprint density at radius 2 is 2.33 bits per heavy atom. The lowest BCUT2D eigenvalue weighted by Crippen LogP contribution is -2.33. The quantitative estimate of drug-likeness (QED) is 0.765. The molecule has 0 aromatic carbocycles. The number of nitrogens with two attached hydrogens (primary N) is 1. The Balaban J connectivity index is 2.57. The number of carbonyl (C=O) groups is 1. The van der Waals surface area contributed by atoms with Gasteiger partial charge in [-0.25, -0.2) is 4.98 Å². The Kier molecular flexibility index (Phi) is 6.07. The molecule has 18 heavy (non-hydrogen) atoms. The van der Waals surface area contributed by atoms with Gasteiger partial charge in [-0.1, -0.05) is 13.8 Å². The Bertz CT molecular complexity index is 379. The van der Waals surface area contributed by atoms with Gasteiger partial charge in [0.25, 0.3) is 0 Å². The van der Waals surface area contributed by atoms with E-state index in [-0.39, 0.29) is 5.97 Å². The fourth-order valence-corrected chi connectivity index (χ4v) is 2.43. The number of carbonyl (C=O) groups excluding carboxylic acids is 1. The fourth-order valence-electron chi connectivity index (χ4n) is 1.71. The van der Waals surface area contributed by atoms with Crippen LogP contribution in [0.1, 0.15) is 25.6 Å². The summed E-state index contributed by atoms with van der Waals surface area (Å²) >= 11 is 1.46. The summed E-state index contributed by atoms with van der Waals surface area (Å²) in [6, 6.07) is 0.